The zero-order valence-electron chi connectivity index (χ0n) is 15.2. The van der Waals surface area contributed by atoms with Crippen LogP contribution < -0.4 is 5.32 Å². The Bertz CT molecular complexity index is 510. The summed E-state index contributed by atoms with van der Waals surface area (Å²) in [5, 5.41) is 3.35. The molecular formula is C16H33IN4O2S. The van der Waals surface area contributed by atoms with Crippen molar-refractivity contribution in [1.82, 2.24) is 14.5 Å². The van der Waals surface area contributed by atoms with Crippen LogP contribution in [-0.2, 0) is 10.0 Å². The highest BCUT2D eigenvalue weighted by molar-refractivity contribution is 14.0. The molecular weight excluding hydrogens is 439 g/mol. The molecule has 0 saturated carbocycles. The molecule has 2 heterocycles. The van der Waals surface area contributed by atoms with Crippen LogP contribution in [0.3, 0.4) is 0 Å². The van der Waals surface area contributed by atoms with Crippen LogP contribution in [0.25, 0.3) is 0 Å². The summed E-state index contributed by atoms with van der Waals surface area (Å²) >= 11 is 0. The second kappa shape index (κ2) is 10.2. The van der Waals surface area contributed by atoms with Crippen molar-refractivity contribution in [1.29, 1.82) is 0 Å². The van der Waals surface area contributed by atoms with Crippen molar-refractivity contribution in [3.63, 3.8) is 0 Å². The van der Waals surface area contributed by atoms with Gasteiger partial charge in [-0.15, -0.1) is 24.0 Å². The molecule has 24 heavy (non-hydrogen) atoms. The summed E-state index contributed by atoms with van der Waals surface area (Å²) in [6, 6.07) is 0. The minimum Gasteiger partial charge on any atom is -0.357 e. The van der Waals surface area contributed by atoms with E-state index in [2.05, 4.69) is 36.0 Å². The first-order chi connectivity index (χ1) is 10.9. The average Bonchev–Trinajstić information content (AvgIpc) is 3.04. The molecule has 2 aliphatic heterocycles. The lowest BCUT2D eigenvalue weighted by atomic mass is 9.97. The maximum Gasteiger partial charge on any atom is 0.214 e. The Morgan fingerprint density at radius 3 is 2.67 bits per heavy atom. The highest BCUT2D eigenvalue weighted by Gasteiger charge is 2.28. The number of sulfonamides is 1. The summed E-state index contributed by atoms with van der Waals surface area (Å²) in [6.45, 7) is 11.3. The number of nitrogens with zero attached hydrogens (tertiary/aromatic N) is 3. The van der Waals surface area contributed by atoms with E-state index in [-0.39, 0.29) is 24.0 Å². The van der Waals surface area contributed by atoms with Gasteiger partial charge >= 0.3 is 0 Å². The zero-order valence-corrected chi connectivity index (χ0v) is 18.3. The molecule has 142 valence electrons. The number of rotatable bonds is 6. The molecule has 0 amide bonds. The lowest BCUT2D eigenvalue weighted by Crippen LogP contribution is -2.40. The molecule has 0 radical (unpaired) electrons. The Hall–Kier alpha value is -0.0900. The van der Waals surface area contributed by atoms with Crippen molar-refractivity contribution in [3.8, 4) is 0 Å². The minimum absolute atomic E-state index is 0. The number of likely N-dealkylation sites (tertiary alicyclic amines) is 1. The molecule has 1 atom stereocenters. The van der Waals surface area contributed by atoms with E-state index in [0.717, 1.165) is 43.9 Å². The number of aliphatic imine (C=N–C) groups is 1. The summed E-state index contributed by atoms with van der Waals surface area (Å²) in [5.74, 6) is 2.72. The number of halogens is 1. The standard InChI is InChI=1S/C16H32N4O2S.HI/c1-4-17-16(19-9-6-15(13-19)12-14(2)3)18-7-10-20-8-5-11-23(20,21)22;/h14-15H,4-13H2,1-3H3,(H,17,18);1H. The number of hydrogen-bond acceptors (Lipinski definition) is 3. The molecule has 2 fully saturated rings. The van der Waals surface area contributed by atoms with E-state index in [1.54, 1.807) is 4.31 Å². The van der Waals surface area contributed by atoms with E-state index < -0.39 is 10.0 Å². The van der Waals surface area contributed by atoms with E-state index in [4.69, 9.17) is 0 Å². The fourth-order valence-corrected chi connectivity index (χ4v) is 5.04. The lowest BCUT2D eigenvalue weighted by Gasteiger charge is -2.22. The van der Waals surface area contributed by atoms with Gasteiger partial charge in [0.15, 0.2) is 5.96 Å². The van der Waals surface area contributed by atoms with Gasteiger partial charge in [-0.2, -0.15) is 0 Å². The molecule has 0 aromatic heterocycles. The van der Waals surface area contributed by atoms with Crippen LogP contribution in [-0.4, -0.2) is 68.6 Å². The third-order valence-corrected chi connectivity index (χ3v) is 6.50. The van der Waals surface area contributed by atoms with Crippen LogP contribution in [0.15, 0.2) is 4.99 Å². The molecule has 0 bridgehead atoms. The van der Waals surface area contributed by atoms with E-state index in [9.17, 15) is 8.42 Å². The van der Waals surface area contributed by atoms with Crippen LogP contribution in [0, 0.1) is 11.8 Å². The molecule has 0 spiro atoms. The first-order valence-electron chi connectivity index (χ1n) is 8.93. The Balaban J connectivity index is 0.00000288. The Kier molecular flexibility index (Phi) is 9.29. The molecule has 1 unspecified atom stereocenters. The molecule has 2 saturated heterocycles. The van der Waals surface area contributed by atoms with Crippen molar-refractivity contribution < 1.29 is 8.42 Å². The van der Waals surface area contributed by atoms with Crippen molar-refractivity contribution in [3.05, 3.63) is 0 Å². The highest BCUT2D eigenvalue weighted by atomic mass is 127. The summed E-state index contributed by atoms with van der Waals surface area (Å²) in [5.41, 5.74) is 0. The monoisotopic (exact) mass is 472 g/mol. The van der Waals surface area contributed by atoms with Gasteiger partial charge in [-0.25, -0.2) is 12.7 Å². The molecule has 0 aromatic carbocycles. The largest absolute Gasteiger partial charge is 0.357 e. The predicted octanol–water partition coefficient (Wildman–Crippen LogP) is 1.97. The maximum atomic E-state index is 11.8. The molecule has 0 aromatic rings. The van der Waals surface area contributed by atoms with Gasteiger partial charge in [0.05, 0.1) is 12.3 Å². The van der Waals surface area contributed by atoms with Crippen molar-refractivity contribution >= 4 is 40.0 Å². The quantitative estimate of drug-likeness (QED) is 0.365. The summed E-state index contributed by atoms with van der Waals surface area (Å²) in [4.78, 5) is 6.99. The number of hydrogen-bond donors (Lipinski definition) is 1. The third-order valence-electron chi connectivity index (χ3n) is 4.54. The second-order valence-corrected chi connectivity index (χ2v) is 9.12. The normalized spacial score (nSPS) is 24.4. The topological polar surface area (TPSA) is 65.0 Å². The highest BCUT2D eigenvalue weighted by Crippen LogP contribution is 2.23. The first kappa shape index (κ1) is 22.0. The molecule has 6 nitrogen and oxygen atoms in total. The Morgan fingerprint density at radius 1 is 1.33 bits per heavy atom. The summed E-state index contributed by atoms with van der Waals surface area (Å²) in [6.07, 6.45) is 3.24. The van der Waals surface area contributed by atoms with Crippen molar-refractivity contribution in [2.45, 2.75) is 40.0 Å². The van der Waals surface area contributed by atoms with Gasteiger partial charge in [0.2, 0.25) is 10.0 Å². The van der Waals surface area contributed by atoms with Crippen LogP contribution in [0.1, 0.15) is 40.0 Å². The summed E-state index contributed by atoms with van der Waals surface area (Å²) in [7, 11) is -3.01. The van der Waals surface area contributed by atoms with Gasteiger partial charge < -0.3 is 10.2 Å². The fourth-order valence-electron chi connectivity index (χ4n) is 3.52. The molecule has 0 aliphatic carbocycles. The van der Waals surface area contributed by atoms with Crippen LogP contribution in [0.4, 0.5) is 0 Å². The van der Waals surface area contributed by atoms with Gasteiger partial charge in [-0.05, 0) is 38.0 Å². The average molecular weight is 472 g/mol. The van der Waals surface area contributed by atoms with Gasteiger partial charge in [0, 0.05) is 32.7 Å². The van der Waals surface area contributed by atoms with Crippen LogP contribution in [0.5, 0.6) is 0 Å². The number of guanidine groups is 1. The fraction of sp³-hybridized carbons (Fsp3) is 0.938. The lowest BCUT2D eigenvalue weighted by molar-refractivity contribution is 0.402. The molecule has 1 N–H and O–H groups in total. The molecule has 8 heteroatoms. The van der Waals surface area contributed by atoms with Crippen molar-refractivity contribution in [2.75, 3.05) is 45.0 Å². The minimum atomic E-state index is -3.01. The Labute approximate surface area is 164 Å². The summed E-state index contributed by atoms with van der Waals surface area (Å²) < 4.78 is 25.2. The smallest absolute Gasteiger partial charge is 0.214 e. The van der Waals surface area contributed by atoms with Gasteiger partial charge in [-0.3, -0.25) is 4.99 Å². The second-order valence-electron chi connectivity index (χ2n) is 7.03. The van der Waals surface area contributed by atoms with E-state index in [0.29, 0.717) is 25.4 Å². The van der Waals surface area contributed by atoms with E-state index in [1.165, 1.54) is 12.8 Å². The van der Waals surface area contributed by atoms with Crippen LogP contribution >= 0.6 is 24.0 Å². The third kappa shape index (κ3) is 6.33. The first-order valence-corrected chi connectivity index (χ1v) is 10.5. The van der Waals surface area contributed by atoms with Gasteiger partial charge in [-0.1, -0.05) is 13.8 Å². The number of nitrogens with one attached hydrogen (secondary N) is 1. The molecule has 2 aliphatic rings. The Morgan fingerprint density at radius 2 is 2.08 bits per heavy atom. The SMILES string of the molecule is CCNC(=NCCN1CCCS1(=O)=O)N1CCC(CC(C)C)C1.I. The van der Waals surface area contributed by atoms with Crippen LogP contribution in [0.2, 0.25) is 0 Å². The predicted molar refractivity (Wildman–Crippen MR) is 111 cm³/mol. The van der Waals surface area contributed by atoms with E-state index in [1.807, 2.05) is 0 Å². The van der Waals surface area contributed by atoms with Crippen molar-refractivity contribution in [2.24, 2.45) is 16.8 Å². The van der Waals surface area contributed by atoms with Gasteiger partial charge in [0.1, 0.15) is 0 Å². The van der Waals surface area contributed by atoms with Gasteiger partial charge in [0.25, 0.3) is 0 Å². The maximum absolute atomic E-state index is 11.8. The zero-order chi connectivity index (χ0) is 16.9. The van der Waals surface area contributed by atoms with E-state index >= 15 is 0 Å². The molecule has 2 rings (SSSR count).